The van der Waals surface area contributed by atoms with Crippen molar-refractivity contribution in [2.75, 3.05) is 11.9 Å². The number of H-pyrrole nitrogens is 1. The van der Waals surface area contributed by atoms with E-state index in [0.717, 1.165) is 33.5 Å². The van der Waals surface area contributed by atoms with E-state index in [-0.39, 0.29) is 12.0 Å². The Balaban J connectivity index is 1.80. The lowest BCUT2D eigenvalue weighted by molar-refractivity contribution is 0.261. The molecule has 0 aliphatic carbocycles. The zero-order valence-corrected chi connectivity index (χ0v) is 11.2. The van der Waals surface area contributed by atoms with Crippen molar-refractivity contribution in [3.63, 3.8) is 0 Å². The van der Waals surface area contributed by atoms with Crippen LogP contribution in [0.4, 0.5) is 10.1 Å². The lowest BCUT2D eigenvalue weighted by Crippen LogP contribution is -2.29. The predicted molar refractivity (Wildman–Crippen MR) is 80.8 cm³/mol. The molecule has 2 heterocycles. The Hall–Kier alpha value is -2.53. The van der Waals surface area contributed by atoms with E-state index in [9.17, 15) is 4.39 Å². The topological polar surface area (TPSA) is 63.1 Å². The number of aromatic amines is 1. The minimum atomic E-state index is -0.245. The first-order chi connectivity index (χ1) is 10.2. The third-order valence-electron chi connectivity index (χ3n) is 3.73. The first kappa shape index (κ1) is 12.2. The van der Waals surface area contributed by atoms with Crippen LogP contribution in [0.2, 0.25) is 0 Å². The van der Waals surface area contributed by atoms with Gasteiger partial charge in [0.2, 0.25) is 0 Å². The normalized spacial score (nSPS) is 16.6. The Labute approximate surface area is 120 Å². The monoisotopic (exact) mass is 283 g/mol. The number of hydrogen-bond acceptors (Lipinski definition) is 3. The molecule has 0 bridgehead atoms. The van der Waals surface area contributed by atoms with Crippen LogP contribution in [0.5, 0.6) is 5.75 Å². The van der Waals surface area contributed by atoms with Crippen molar-refractivity contribution in [3.8, 4) is 16.9 Å². The number of benzene rings is 2. The van der Waals surface area contributed by atoms with Crippen molar-refractivity contribution in [3.05, 3.63) is 48.4 Å². The van der Waals surface area contributed by atoms with Crippen LogP contribution in [-0.2, 0) is 0 Å². The number of nitrogens with one attached hydrogen (secondary N) is 2. The smallest absolute Gasteiger partial charge is 0.182 e. The minimum Gasteiger partial charge on any atom is -0.467 e. The minimum absolute atomic E-state index is 0.174. The van der Waals surface area contributed by atoms with Gasteiger partial charge in [0.1, 0.15) is 11.6 Å². The average molecular weight is 283 g/mol. The van der Waals surface area contributed by atoms with Gasteiger partial charge in [-0.2, -0.15) is 0 Å². The van der Waals surface area contributed by atoms with Gasteiger partial charge in [0, 0.05) is 29.2 Å². The molecule has 106 valence electrons. The molecule has 0 saturated carbocycles. The van der Waals surface area contributed by atoms with Crippen LogP contribution in [0.15, 0.2) is 42.6 Å². The number of rotatable bonds is 2. The summed E-state index contributed by atoms with van der Waals surface area (Å²) in [5.74, 6) is 0.561. The zero-order chi connectivity index (χ0) is 14.4. The Morgan fingerprint density at radius 3 is 2.95 bits per heavy atom. The molecule has 5 heteroatoms. The summed E-state index contributed by atoms with van der Waals surface area (Å²) in [6, 6.07) is 10.7. The second-order valence-corrected chi connectivity index (χ2v) is 5.09. The van der Waals surface area contributed by atoms with Gasteiger partial charge in [-0.1, -0.05) is 6.07 Å². The summed E-state index contributed by atoms with van der Waals surface area (Å²) in [5.41, 5.74) is 9.40. The highest BCUT2D eigenvalue weighted by Gasteiger charge is 2.21. The van der Waals surface area contributed by atoms with Gasteiger partial charge in [0.05, 0.1) is 5.69 Å². The fourth-order valence-corrected chi connectivity index (χ4v) is 2.71. The number of ether oxygens (including phenoxy) is 1. The molecule has 1 unspecified atom stereocenters. The van der Waals surface area contributed by atoms with E-state index in [1.807, 2.05) is 24.4 Å². The summed E-state index contributed by atoms with van der Waals surface area (Å²) in [6.07, 6.45) is 1.72. The molecule has 4 rings (SSSR count). The molecule has 0 radical (unpaired) electrons. The van der Waals surface area contributed by atoms with Gasteiger partial charge < -0.3 is 20.8 Å². The van der Waals surface area contributed by atoms with Crippen LogP contribution >= 0.6 is 0 Å². The fourth-order valence-electron chi connectivity index (χ4n) is 2.71. The van der Waals surface area contributed by atoms with Crippen LogP contribution in [0.1, 0.15) is 0 Å². The van der Waals surface area contributed by atoms with Gasteiger partial charge in [-0.3, -0.25) is 0 Å². The van der Waals surface area contributed by atoms with Gasteiger partial charge in [-0.05, 0) is 35.9 Å². The van der Waals surface area contributed by atoms with Gasteiger partial charge in [-0.25, -0.2) is 4.39 Å². The number of fused-ring (bicyclic) bond motifs is 2. The van der Waals surface area contributed by atoms with Crippen molar-refractivity contribution in [2.24, 2.45) is 5.73 Å². The Kier molecular flexibility index (Phi) is 2.62. The zero-order valence-electron chi connectivity index (χ0n) is 11.2. The molecule has 0 spiro atoms. The average Bonchev–Trinajstić information content (AvgIpc) is 3.08. The molecule has 1 aliphatic rings. The lowest BCUT2D eigenvalue weighted by atomic mass is 10.0. The number of aromatic nitrogens is 1. The third kappa shape index (κ3) is 1.94. The largest absolute Gasteiger partial charge is 0.467 e. The highest BCUT2D eigenvalue weighted by Crippen LogP contribution is 2.37. The van der Waals surface area contributed by atoms with Gasteiger partial charge in [0.15, 0.2) is 6.23 Å². The third-order valence-corrected chi connectivity index (χ3v) is 3.73. The Bertz CT molecular complexity index is 828. The van der Waals surface area contributed by atoms with E-state index in [1.54, 1.807) is 6.07 Å². The molecule has 4 N–H and O–H groups in total. The first-order valence-electron chi connectivity index (χ1n) is 6.79. The molecule has 1 aliphatic heterocycles. The van der Waals surface area contributed by atoms with Crippen LogP contribution in [0.25, 0.3) is 22.0 Å². The molecule has 1 aromatic heterocycles. The highest BCUT2D eigenvalue weighted by atomic mass is 19.1. The molecule has 1 atom stereocenters. The molecule has 2 aromatic carbocycles. The molecule has 0 fully saturated rings. The van der Waals surface area contributed by atoms with Crippen LogP contribution in [0.3, 0.4) is 0 Å². The van der Waals surface area contributed by atoms with E-state index < -0.39 is 0 Å². The summed E-state index contributed by atoms with van der Waals surface area (Å²) < 4.78 is 18.9. The molecule has 0 amide bonds. The van der Waals surface area contributed by atoms with Crippen molar-refractivity contribution in [1.82, 2.24) is 4.98 Å². The van der Waals surface area contributed by atoms with Gasteiger partial charge >= 0.3 is 0 Å². The summed E-state index contributed by atoms with van der Waals surface area (Å²) in [4.78, 5) is 3.10. The summed E-state index contributed by atoms with van der Waals surface area (Å²) in [5, 5.41) is 4.22. The molecular weight excluding hydrogens is 269 g/mol. The predicted octanol–water partition coefficient (Wildman–Crippen LogP) is 3.06. The van der Waals surface area contributed by atoms with Crippen molar-refractivity contribution >= 4 is 16.6 Å². The van der Waals surface area contributed by atoms with Gasteiger partial charge in [0.25, 0.3) is 0 Å². The molecule has 0 saturated heterocycles. The number of hydrogen-bond donors (Lipinski definition) is 3. The maximum atomic E-state index is 13.3. The van der Waals surface area contributed by atoms with Crippen LogP contribution < -0.4 is 15.8 Å². The standard InChI is InChI=1S/C16H14FN3O/c17-10-2-3-11-12(8-19-13(11)6-10)9-1-4-15-14(5-9)20-16(7-18)21-15/h1-6,8,16,19-20H,7,18H2. The molecule has 21 heavy (non-hydrogen) atoms. The quantitative estimate of drug-likeness (QED) is 0.677. The SMILES string of the molecule is NCC1Nc2cc(-c3c[nH]c4cc(F)ccc34)ccc2O1. The summed E-state index contributed by atoms with van der Waals surface area (Å²) >= 11 is 0. The van der Waals surface area contributed by atoms with E-state index >= 15 is 0 Å². The maximum absolute atomic E-state index is 13.3. The van der Waals surface area contributed by atoms with Crippen LogP contribution in [-0.4, -0.2) is 17.8 Å². The van der Waals surface area contributed by atoms with Gasteiger partial charge in [-0.15, -0.1) is 0 Å². The number of anilines is 1. The fraction of sp³-hybridized carbons (Fsp3) is 0.125. The molecule has 4 nitrogen and oxygen atoms in total. The van der Waals surface area contributed by atoms with E-state index in [1.165, 1.54) is 12.1 Å². The summed E-state index contributed by atoms with van der Waals surface area (Å²) in [6.45, 7) is 0.413. The van der Waals surface area contributed by atoms with Crippen molar-refractivity contribution < 1.29 is 9.13 Å². The molecule has 3 aromatic rings. The maximum Gasteiger partial charge on any atom is 0.182 e. The Morgan fingerprint density at radius 1 is 1.19 bits per heavy atom. The second-order valence-electron chi connectivity index (χ2n) is 5.09. The molecular formula is C16H14FN3O. The highest BCUT2D eigenvalue weighted by molar-refractivity contribution is 5.96. The number of nitrogens with two attached hydrogens (primary N) is 1. The van der Waals surface area contributed by atoms with Crippen LogP contribution in [0, 0.1) is 5.82 Å². The first-order valence-corrected chi connectivity index (χ1v) is 6.79. The second kappa shape index (κ2) is 4.49. The van der Waals surface area contributed by atoms with E-state index in [0.29, 0.717) is 6.54 Å². The van der Waals surface area contributed by atoms with Crippen molar-refractivity contribution in [2.45, 2.75) is 6.23 Å². The summed E-state index contributed by atoms with van der Waals surface area (Å²) in [7, 11) is 0. The lowest BCUT2D eigenvalue weighted by Gasteiger charge is -2.06. The van der Waals surface area contributed by atoms with E-state index in [2.05, 4.69) is 10.3 Å². The number of halogens is 1. The Morgan fingerprint density at radius 2 is 2.10 bits per heavy atom. The van der Waals surface area contributed by atoms with Crippen molar-refractivity contribution in [1.29, 1.82) is 0 Å². The van der Waals surface area contributed by atoms with E-state index in [4.69, 9.17) is 10.5 Å².